The summed E-state index contributed by atoms with van der Waals surface area (Å²) in [6.45, 7) is 1.34. The lowest BCUT2D eigenvalue weighted by Crippen LogP contribution is -2.43. The largest absolute Gasteiger partial charge is 0.333 e. The Kier molecular flexibility index (Phi) is 6.23. The molecular weight excluding hydrogens is 406 g/mol. The van der Waals surface area contributed by atoms with Crippen molar-refractivity contribution >= 4 is 16.9 Å². The molecule has 1 saturated heterocycles. The van der Waals surface area contributed by atoms with Crippen LogP contribution in [0.5, 0.6) is 0 Å². The van der Waals surface area contributed by atoms with Crippen molar-refractivity contribution in [2.45, 2.75) is 31.8 Å². The zero-order valence-corrected chi connectivity index (χ0v) is 18.8. The van der Waals surface area contributed by atoms with E-state index in [0.717, 1.165) is 35.1 Å². The fraction of sp³-hybridized carbons (Fsp3) is 0.417. The first-order valence-electron chi connectivity index (χ1n) is 11.0. The van der Waals surface area contributed by atoms with Gasteiger partial charge in [-0.05, 0) is 51.1 Å². The maximum atomic E-state index is 13.0. The third-order valence-corrected chi connectivity index (χ3v) is 6.00. The SMILES string of the molecule is CN(C)CC(=O)N1CCCC[C@H]1c1ccc2c(=O)n(C)c(=O)n(Cc3ccccc3)c2n1. The van der Waals surface area contributed by atoms with Gasteiger partial charge in [-0.15, -0.1) is 0 Å². The molecule has 168 valence electrons. The second-order valence-electron chi connectivity index (χ2n) is 8.66. The van der Waals surface area contributed by atoms with E-state index in [0.29, 0.717) is 30.7 Å². The zero-order chi connectivity index (χ0) is 22.8. The van der Waals surface area contributed by atoms with Gasteiger partial charge in [-0.3, -0.25) is 18.7 Å². The highest BCUT2D eigenvalue weighted by atomic mass is 16.2. The van der Waals surface area contributed by atoms with Crippen LogP contribution in [0.2, 0.25) is 0 Å². The summed E-state index contributed by atoms with van der Waals surface area (Å²) in [7, 11) is 5.24. The Morgan fingerprint density at radius 2 is 1.84 bits per heavy atom. The van der Waals surface area contributed by atoms with E-state index in [1.807, 2.05) is 60.3 Å². The highest BCUT2D eigenvalue weighted by molar-refractivity contribution is 5.79. The smallest absolute Gasteiger partial charge is 0.332 e. The van der Waals surface area contributed by atoms with Crippen LogP contribution in [-0.2, 0) is 18.4 Å². The minimum Gasteiger partial charge on any atom is -0.333 e. The number of fused-ring (bicyclic) bond motifs is 1. The van der Waals surface area contributed by atoms with Gasteiger partial charge < -0.3 is 9.80 Å². The molecule has 1 atom stereocenters. The molecule has 0 aliphatic carbocycles. The molecule has 1 aromatic carbocycles. The molecule has 8 heteroatoms. The fourth-order valence-corrected chi connectivity index (χ4v) is 4.37. The predicted octanol–water partition coefficient (Wildman–Crippen LogP) is 1.76. The minimum absolute atomic E-state index is 0.0623. The molecule has 0 N–H and O–H groups in total. The summed E-state index contributed by atoms with van der Waals surface area (Å²) >= 11 is 0. The molecule has 1 fully saturated rings. The lowest BCUT2D eigenvalue weighted by molar-refractivity contribution is -0.135. The van der Waals surface area contributed by atoms with Crippen LogP contribution >= 0.6 is 0 Å². The Morgan fingerprint density at radius 3 is 2.56 bits per heavy atom. The Morgan fingerprint density at radius 1 is 1.09 bits per heavy atom. The summed E-state index contributed by atoms with van der Waals surface area (Å²) in [5, 5.41) is 0.397. The summed E-state index contributed by atoms with van der Waals surface area (Å²) in [5.41, 5.74) is 1.27. The van der Waals surface area contributed by atoms with Gasteiger partial charge in [-0.2, -0.15) is 0 Å². The molecular formula is C24H29N5O3. The molecule has 0 radical (unpaired) electrons. The van der Waals surface area contributed by atoms with Crippen molar-refractivity contribution in [1.29, 1.82) is 0 Å². The Hall–Kier alpha value is -3.26. The lowest BCUT2D eigenvalue weighted by Gasteiger charge is -2.36. The van der Waals surface area contributed by atoms with Crippen molar-refractivity contribution in [1.82, 2.24) is 23.9 Å². The first-order chi connectivity index (χ1) is 15.4. The minimum atomic E-state index is -0.403. The number of rotatable bonds is 5. The maximum Gasteiger partial charge on any atom is 0.332 e. The number of piperidine rings is 1. The van der Waals surface area contributed by atoms with Gasteiger partial charge >= 0.3 is 5.69 Å². The van der Waals surface area contributed by atoms with Crippen molar-refractivity contribution in [3.05, 3.63) is 74.6 Å². The number of carbonyl (C=O) groups is 1. The van der Waals surface area contributed by atoms with Crippen LogP contribution in [-0.4, -0.2) is 57.0 Å². The van der Waals surface area contributed by atoms with Gasteiger partial charge in [0.25, 0.3) is 5.56 Å². The van der Waals surface area contributed by atoms with Crippen LogP contribution in [0, 0.1) is 0 Å². The van der Waals surface area contributed by atoms with Crippen molar-refractivity contribution < 1.29 is 4.79 Å². The molecule has 2 aromatic heterocycles. The van der Waals surface area contributed by atoms with Crippen molar-refractivity contribution in [2.24, 2.45) is 7.05 Å². The Bertz CT molecular complexity index is 1250. The fourth-order valence-electron chi connectivity index (χ4n) is 4.37. The number of hydrogen-bond donors (Lipinski definition) is 0. The van der Waals surface area contributed by atoms with Crippen LogP contribution in [0.1, 0.15) is 36.6 Å². The van der Waals surface area contributed by atoms with Crippen LogP contribution in [0.15, 0.2) is 52.1 Å². The molecule has 3 aromatic rings. The third-order valence-electron chi connectivity index (χ3n) is 6.00. The van der Waals surface area contributed by atoms with Gasteiger partial charge in [0.1, 0.15) is 5.65 Å². The maximum absolute atomic E-state index is 13.0. The Labute approximate surface area is 186 Å². The predicted molar refractivity (Wildman–Crippen MR) is 124 cm³/mol. The molecule has 0 bridgehead atoms. The number of likely N-dealkylation sites (N-methyl/N-ethyl adjacent to an activating group) is 1. The van der Waals surface area contributed by atoms with Gasteiger partial charge in [0.15, 0.2) is 0 Å². The van der Waals surface area contributed by atoms with Gasteiger partial charge in [-0.1, -0.05) is 30.3 Å². The molecule has 1 aliphatic heterocycles. The first kappa shape index (κ1) is 22.0. The van der Waals surface area contributed by atoms with Gasteiger partial charge in [-0.25, -0.2) is 9.78 Å². The first-order valence-corrected chi connectivity index (χ1v) is 11.0. The normalized spacial score (nSPS) is 16.6. The number of amides is 1. The quantitative estimate of drug-likeness (QED) is 0.610. The molecule has 0 unspecified atom stereocenters. The molecule has 0 spiro atoms. The van der Waals surface area contributed by atoms with Crippen LogP contribution in [0.25, 0.3) is 11.0 Å². The van der Waals surface area contributed by atoms with Gasteiger partial charge in [0.2, 0.25) is 5.91 Å². The van der Waals surface area contributed by atoms with E-state index in [4.69, 9.17) is 4.98 Å². The van der Waals surface area contributed by atoms with E-state index in [2.05, 4.69) is 0 Å². The van der Waals surface area contributed by atoms with E-state index >= 15 is 0 Å². The number of nitrogens with zero attached hydrogens (tertiary/aromatic N) is 5. The molecule has 32 heavy (non-hydrogen) atoms. The number of aromatic nitrogens is 3. The summed E-state index contributed by atoms with van der Waals surface area (Å²) in [5.74, 6) is 0.0623. The van der Waals surface area contributed by atoms with Crippen molar-refractivity contribution in [3.8, 4) is 0 Å². The van der Waals surface area contributed by atoms with Gasteiger partial charge in [0, 0.05) is 13.6 Å². The molecule has 1 amide bonds. The second-order valence-corrected chi connectivity index (χ2v) is 8.66. The van der Waals surface area contributed by atoms with E-state index in [-0.39, 0.29) is 17.5 Å². The van der Waals surface area contributed by atoms with E-state index < -0.39 is 5.69 Å². The summed E-state index contributed by atoms with van der Waals surface area (Å²) in [4.78, 5) is 47.2. The third kappa shape index (κ3) is 4.23. The monoisotopic (exact) mass is 435 g/mol. The average molecular weight is 436 g/mol. The summed E-state index contributed by atoms with van der Waals surface area (Å²) in [6.07, 6.45) is 2.78. The number of pyridine rings is 1. The standard InChI is InChI=1S/C24H29N5O3/c1-26(2)16-21(30)28-14-8-7-11-20(28)19-13-12-18-22(25-19)29(24(32)27(3)23(18)31)15-17-9-5-4-6-10-17/h4-6,9-10,12-13,20H,7-8,11,14-16H2,1-3H3/t20-/m0/s1. The van der Waals surface area contributed by atoms with E-state index in [9.17, 15) is 14.4 Å². The average Bonchev–Trinajstić information content (AvgIpc) is 2.80. The van der Waals surface area contributed by atoms with Crippen LogP contribution in [0.4, 0.5) is 0 Å². The van der Waals surface area contributed by atoms with Crippen molar-refractivity contribution in [2.75, 3.05) is 27.2 Å². The zero-order valence-electron chi connectivity index (χ0n) is 18.8. The summed E-state index contributed by atoms with van der Waals surface area (Å²) in [6, 6.07) is 13.0. The number of hydrogen-bond acceptors (Lipinski definition) is 5. The Balaban J connectivity index is 1.82. The molecule has 4 rings (SSSR count). The number of benzene rings is 1. The van der Waals surface area contributed by atoms with E-state index in [1.165, 1.54) is 7.05 Å². The van der Waals surface area contributed by atoms with Crippen molar-refractivity contribution in [3.63, 3.8) is 0 Å². The molecule has 1 aliphatic rings. The molecule has 3 heterocycles. The molecule has 8 nitrogen and oxygen atoms in total. The summed E-state index contributed by atoms with van der Waals surface area (Å²) < 4.78 is 2.67. The number of carbonyl (C=O) groups excluding carboxylic acids is 1. The topological polar surface area (TPSA) is 80.4 Å². The van der Waals surface area contributed by atoms with Crippen LogP contribution < -0.4 is 11.2 Å². The highest BCUT2D eigenvalue weighted by Crippen LogP contribution is 2.30. The van der Waals surface area contributed by atoms with E-state index in [1.54, 1.807) is 10.6 Å². The second kappa shape index (κ2) is 9.08. The highest BCUT2D eigenvalue weighted by Gasteiger charge is 2.29. The molecule has 0 saturated carbocycles. The van der Waals surface area contributed by atoms with Gasteiger partial charge in [0.05, 0.1) is 30.2 Å². The number of likely N-dealkylation sites (tertiary alicyclic amines) is 1. The lowest BCUT2D eigenvalue weighted by atomic mass is 9.98. The van der Waals surface area contributed by atoms with Crippen LogP contribution in [0.3, 0.4) is 0 Å².